The maximum atomic E-state index is 2.45. The summed E-state index contributed by atoms with van der Waals surface area (Å²) in [5.41, 5.74) is 0.511. The highest BCUT2D eigenvalue weighted by Crippen LogP contribution is 2.39. The first kappa shape index (κ1) is 13.1. The Morgan fingerprint density at radius 1 is 1.20 bits per heavy atom. The molecule has 0 heteroatoms. The molecule has 0 amide bonds. The van der Waals surface area contributed by atoms with Crippen LogP contribution < -0.4 is 0 Å². The predicted molar refractivity (Wildman–Crippen MR) is 69.0 cm³/mol. The monoisotopic (exact) mass is 210 g/mol. The van der Waals surface area contributed by atoms with Crippen molar-refractivity contribution in [3.05, 3.63) is 0 Å². The number of hydrogen-bond acceptors (Lipinski definition) is 0. The molecule has 15 heavy (non-hydrogen) atoms. The van der Waals surface area contributed by atoms with Crippen LogP contribution in [0.15, 0.2) is 0 Å². The highest BCUT2D eigenvalue weighted by atomic mass is 14.3. The van der Waals surface area contributed by atoms with Gasteiger partial charge >= 0.3 is 0 Å². The van der Waals surface area contributed by atoms with Crippen molar-refractivity contribution in [3.8, 4) is 0 Å². The second-order valence-electron chi connectivity index (χ2n) is 6.72. The van der Waals surface area contributed by atoms with Crippen molar-refractivity contribution in [2.75, 3.05) is 0 Å². The summed E-state index contributed by atoms with van der Waals surface area (Å²) in [5.74, 6) is 2.97. The zero-order chi connectivity index (χ0) is 11.5. The van der Waals surface area contributed by atoms with Crippen LogP contribution in [0.5, 0.6) is 0 Å². The molecule has 3 atom stereocenters. The molecule has 0 aromatic carbocycles. The van der Waals surface area contributed by atoms with Crippen molar-refractivity contribution in [3.63, 3.8) is 0 Å². The summed E-state index contributed by atoms with van der Waals surface area (Å²) in [7, 11) is 0. The molecule has 0 aromatic heterocycles. The van der Waals surface area contributed by atoms with Crippen LogP contribution in [0.4, 0.5) is 0 Å². The summed E-state index contributed by atoms with van der Waals surface area (Å²) in [4.78, 5) is 0. The van der Waals surface area contributed by atoms with E-state index in [1.807, 2.05) is 0 Å². The van der Waals surface area contributed by atoms with Gasteiger partial charge in [0, 0.05) is 0 Å². The Hall–Kier alpha value is 0. The molecule has 90 valence electrons. The first-order valence-corrected chi connectivity index (χ1v) is 6.95. The summed E-state index contributed by atoms with van der Waals surface area (Å²) < 4.78 is 0. The van der Waals surface area contributed by atoms with Gasteiger partial charge in [0.25, 0.3) is 0 Å². The molecule has 0 aromatic rings. The van der Waals surface area contributed by atoms with Crippen molar-refractivity contribution in [2.24, 2.45) is 23.2 Å². The molecule has 1 aliphatic carbocycles. The van der Waals surface area contributed by atoms with E-state index in [0.29, 0.717) is 5.41 Å². The minimum atomic E-state index is 0.511. The average Bonchev–Trinajstić information content (AvgIpc) is 2.50. The molecule has 0 saturated heterocycles. The maximum Gasteiger partial charge on any atom is -0.0354 e. The maximum absolute atomic E-state index is 2.45. The fourth-order valence-electron chi connectivity index (χ4n) is 3.32. The zero-order valence-electron chi connectivity index (χ0n) is 11.5. The van der Waals surface area contributed by atoms with Gasteiger partial charge in [0.2, 0.25) is 0 Å². The molecule has 0 nitrogen and oxygen atoms in total. The highest BCUT2D eigenvalue weighted by molar-refractivity contribution is 4.78. The standard InChI is InChI=1S/C15H30/c1-6-14(15(3,4)5)11-10-13-9-7-8-12(13)2/h12-14H,6-11H2,1-5H3. The summed E-state index contributed by atoms with van der Waals surface area (Å²) in [6.45, 7) is 12.0. The SMILES string of the molecule is CCC(CCC1CCCC1C)C(C)(C)C. The second-order valence-corrected chi connectivity index (χ2v) is 6.72. The van der Waals surface area contributed by atoms with E-state index < -0.39 is 0 Å². The quantitative estimate of drug-likeness (QED) is 0.592. The van der Waals surface area contributed by atoms with E-state index in [1.54, 1.807) is 0 Å². The lowest BCUT2D eigenvalue weighted by atomic mass is 9.75. The van der Waals surface area contributed by atoms with Crippen molar-refractivity contribution in [1.82, 2.24) is 0 Å². The number of hydrogen-bond donors (Lipinski definition) is 0. The Balaban J connectivity index is 2.34. The van der Waals surface area contributed by atoms with Gasteiger partial charge in [0.15, 0.2) is 0 Å². The van der Waals surface area contributed by atoms with Gasteiger partial charge in [-0.3, -0.25) is 0 Å². The largest absolute Gasteiger partial charge is 0.0651 e. The Kier molecular flexibility index (Phi) is 4.67. The minimum Gasteiger partial charge on any atom is -0.0651 e. The molecule has 0 heterocycles. The van der Waals surface area contributed by atoms with Crippen LogP contribution in [0.25, 0.3) is 0 Å². The molecule has 1 fully saturated rings. The van der Waals surface area contributed by atoms with E-state index in [-0.39, 0.29) is 0 Å². The highest BCUT2D eigenvalue weighted by Gasteiger charge is 2.27. The summed E-state index contributed by atoms with van der Waals surface area (Å²) in [5, 5.41) is 0. The van der Waals surface area contributed by atoms with Crippen molar-refractivity contribution < 1.29 is 0 Å². The fourth-order valence-corrected chi connectivity index (χ4v) is 3.32. The molecular formula is C15H30. The van der Waals surface area contributed by atoms with Gasteiger partial charge in [-0.1, -0.05) is 60.3 Å². The normalized spacial score (nSPS) is 29.4. The van der Waals surface area contributed by atoms with Crippen LogP contribution in [0, 0.1) is 23.2 Å². The van der Waals surface area contributed by atoms with Gasteiger partial charge in [0.1, 0.15) is 0 Å². The average molecular weight is 210 g/mol. The lowest BCUT2D eigenvalue weighted by Crippen LogP contribution is -2.21. The lowest BCUT2D eigenvalue weighted by Gasteiger charge is -2.31. The minimum absolute atomic E-state index is 0.511. The van der Waals surface area contributed by atoms with Gasteiger partial charge in [-0.2, -0.15) is 0 Å². The lowest BCUT2D eigenvalue weighted by molar-refractivity contribution is 0.198. The Labute approximate surface area is 96.8 Å². The van der Waals surface area contributed by atoms with Gasteiger partial charge in [-0.25, -0.2) is 0 Å². The van der Waals surface area contributed by atoms with E-state index in [0.717, 1.165) is 17.8 Å². The predicted octanol–water partition coefficient (Wildman–Crippen LogP) is 5.28. The third kappa shape index (κ3) is 3.81. The molecule has 1 rings (SSSR count). The van der Waals surface area contributed by atoms with Crippen molar-refractivity contribution >= 4 is 0 Å². The molecule has 1 saturated carbocycles. The van der Waals surface area contributed by atoms with E-state index in [4.69, 9.17) is 0 Å². The third-order valence-electron chi connectivity index (χ3n) is 4.64. The number of rotatable bonds is 4. The zero-order valence-corrected chi connectivity index (χ0v) is 11.5. The van der Waals surface area contributed by atoms with Crippen LogP contribution in [0.2, 0.25) is 0 Å². The molecule has 0 N–H and O–H groups in total. The van der Waals surface area contributed by atoms with Crippen LogP contribution in [-0.2, 0) is 0 Å². The molecule has 0 aliphatic heterocycles. The Morgan fingerprint density at radius 3 is 2.27 bits per heavy atom. The third-order valence-corrected chi connectivity index (χ3v) is 4.64. The Morgan fingerprint density at radius 2 is 1.87 bits per heavy atom. The van der Waals surface area contributed by atoms with E-state index in [9.17, 15) is 0 Å². The summed E-state index contributed by atoms with van der Waals surface area (Å²) >= 11 is 0. The molecule has 0 spiro atoms. The smallest absolute Gasteiger partial charge is 0.0354 e. The summed E-state index contributed by atoms with van der Waals surface area (Å²) in [6, 6.07) is 0. The van der Waals surface area contributed by atoms with Gasteiger partial charge in [-0.05, 0) is 36.0 Å². The van der Waals surface area contributed by atoms with Crippen LogP contribution in [0.3, 0.4) is 0 Å². The first-order valence-electron chi connectivity index (χ1n) is 6.95. The van der Waals surface area contributed by atoms with Crippen molar-refractivity contribution in [2.45, 2.75) is 73.1 Å². The molecule has 1 aliphatic rings. The van der Waals surface area contributed by atoms with Crippen LogP contribution >= 0.6 is 0 Å². The van der Waals surface area contributed by atoms with Gasteiger partial charge < -0.3 is 0 Å². The van der Waals surface area contributed by atoms with Crippen LogP contribution in [-0.4, -0.2) is 0 Å². The molecule has 3 unspecified atom stereocenters. The van der Waals surface area contributed by atoms with E-state index in [2.05, 4.69) is 34.6 Å². The van der Waals surface area contributed by atoms with Crippen molar-refractivity contribution in [1.29, 1.82) is 0 Å². The Bertz CT molecular complexity index is 175. The topological polar surface area (TPSA) is 0 Å². The van der Waals surface area contributed by atoms with Gasteiger partial charge in [0.05, 0.1) is 0 Å². The van der Waals surface area contributed by atoms with E-state index in [1.165, 1.54) is 38.5 Å². The fraction of sp³-hybridized carbons (Fsp3) is 1.00. The second kappa shape index (κ2) is 5.37. The van der Waals surface area contributed by atoms with Gasteiger partial charge in [-0.15, -0.1) is 0 Å². The molecular weight excluding hydrogens is 180 g/mol. The summed E-state index contributed by atoms with van der Waals surface area (Å²) in [6.07, 6.45) is 8.76. The van der Waals surface area contributed by atoms with Crippen LogP contribution in [0.1, 0.15) is 73.1 Å². The molecule has 0 radical (unpaired) electrons. The molecule has 0 bridgehead atoms. The van der Waals surface area contributed by atoms with E-state index >= 15 is 0 Å². The first-order chi connectivity index (χ1) is 6.95.